The third kappa shape index (κ3) is 6.94. The van der Waals surface area contributed by atoms with Gasteiger partial charge in [0.25, 0.3) is 0 Å². The summed E-state index contributed by atoms with van der Waals surface area (Å²) >= 11 is 0. The van der Waals surface area contributed by atoms with Crippen LogP contribution in [0.3, 0.4) is 0 Å². The number of para-hydroxylation sites is 1. The van der Waals surface area contributed by atoms with Crippen molar-refractivity contribution < 1.29 is 20.1 Å². The van der Waals surface area contributed by atoms with E-state index in [2.05, 4.69) is 10.3 Å². The van der Waals surface area contributed by atoms with Crippen molar-refractivity contribution in [2.75, 3.05) is 5.32 Å². The molecule has 206 valence electrons. The molecule has 5 aromatic rings. The highest BCUT2D eigenvalue weighted by molar-refractivity contribution is 5.84. The second kappa shape index (κ2) is 12.9. The number of carboxylic acids is 1. The Balaban J connectivity index is 1.62. The molecule has 0 aliphatic rings. The Kier molecular flexibility index (Phi) is 8.64. The molecule has 0 radical (unpaired) electrons. The quantitative estimate of drug-likeness (QED) is 0.162. The predicted molar refractivity (Wildman–Crippen MR) is 160 cm³/mol. The third-order valence-electron chi connectivity index (χ3n) is 6.46. The molecule has 0 saturated carbocycles. The van der Waals surface area contributed by atoms with Gasteiger partial charge in [0.2, 0.25) is 0 Å². The molecule has 2 atom stereocenters. The average molecular weight is 547 g/mol. The van der Waals surface area contributed by atoms with Crippen LogP contribution in [-0.2, 0) is 4.79 Å². The monoisotopic (exact) mass is 546 g/mol. The zero-order valence-corrected chi connectivity index (χ0v) is 22.2. The smallest absolute Gasteiger partial charge is 0.305 e. The van der Waals surface area contributed by atoms with Crippen molar-refractivity contribution in [1.82, 2.24) is 14.8 Å². The molecule has 0 amide bonds. The topological polar surface area (TPSA) is 121 Å². The number of aliphatic hydroxyl groups excluding tert-OH is 2. The number of nitrogens with zero attached hydrogens (tertiary/aromatic N) is 3. The summed E-state index contributed by atoms with van der Waals surface area (Å²) in [6, 6.07) is 33.2. The van der Waals surface area contributed by atoms with Crippen LogP contribution < -0.4 is 5.32 Å². The van der Waals surface area contributed by atoms with E-state index < -0.39 is 24.6 Å². The van der Waals surface area contributed by atoms with E-state index >= 15 is 0 Å². The van der Waals surface area contributed by atoms with Crippen LogP contribution >= 0.6 is 0 Å². The van der Waals surface area contributed by atoms with Gasteiger partial charge >= 0.3 is 5.97 Å². The molecule has 0 aliphatic carbocycles. The minimum atomic E-state index is -1.16. The van der Waals surface area contributed by atoms with Crippen LogP contribution in [0.5, 0.6) is 0 Å². The van der Waals surface area contributed by atoms with Gasteiger partial charge in [-0.1, -0.05) is 91.0 Å². The summed E-state index contributed by atoms with van der Waals surface area (Å²) in [5.74, 6) is -0.462. The second-order valence-electron chi connectivity index (χ2n) is 9.56. The summed E-state index contributed by atoms with van der Waals surface area (Å²) in [5, 5.41) is 38.0. The largest absolute Gasteiger partial charge is 0.481 e. The molecule has 0 saturated heterocycles. The minimum Gasteiger partial charge on any atom is -0.481 e. The second-order valence-corrected chi connectivity index (χ2v) is 9.56. The van der Waals surface area contributed by atoms with Crippen LogP contribution in [0.4, 0.5) is 11.5 Å². The third-order valence-corrected chi connectivity index (χ3v) is 6.46. The number of hydrogen-bond donors (Lipinski definition) is 4. The van der Waals surface area contributed by atoms with Crippen molar-refractivity contribution in [1.29, 1.82) is 0 Å². The molecule has 5 rings (SSSR count). The fraction of sp³-hybridized carbons (Fsp3) is 0.121. The van der Waals surface area contributed by atoms with E-state index in [-0.39, 0.29) is 6.42 Å². The molecule has 0 aliphatic heterocycles. The molecular weight excluding hydrogens is 516 g/mol. The van der Waals surface area contributed by atoms with Gasteiger partial charge < -0.3 is 20.6 Å². The molecule has 8 nitrogen and oxygen atoms in total. The van der Waals surface area contributed by atoms with Crippen LogP contribution in [0, 0.1) is 0 Å². The number of carboxylic acid groups (broad SMARTS) is 1. The maximum Gasteiger partial charge on any atom is 0.305 e. The van der Waals surface area contributed by atoms with Crippen molar-refractivity contribution in [3.8, 4) is 28.2 Å². The number of carbonyl (C=O) groups is 1. The number of nitrogens with one attached hydrogen (secondary N) is 1. The first-order chi connectivity index (χ1) is 20.0. The van der Waals surface area contributed by atoms with E-state index in [9.17, 15) is 15.0 Å². The van der Waals surface area contributed by atoms with E-state index in [4.69, 9.17) is 10.2 Å². The lowest BCUT2D eigenvalue weighted by Gasteiger charge is -2.12. The zero-order valence-electron chi connectivity index (χ0n) is 22.2. The first-order valence-corrected chi connectivity index (χ1v) is 13.3. The number of rotatable bonds is 11. The maximum absolute atomic E-state index is 11.0. The number of benzene rings is 3. The number of aromatic nitrogens is 3. The number of aliphatic carboxylic acids is 1. The van der Waals surface area contributed by atoms with Crippen LogP contribution in [0.15, 0.2) is 115 Å². The van der Waals surface area contributed by atoms with Gasteiger partial charge in [0.15, 0.2) is 0 Å². The van der Waals surface area contributed by atoms with Gasteiger partial charge in [-0.2, -0.15) is 5.10 Å². The van der Waals surface area contributed by atoms with Crippen molar-refractivity contribution in [2.24, 2.45) is 0 Å². The molecule has 8 heteroatoms. The van der Waals surface area contributed by atoms with Crippen molar-refractivity contribution in [3.05, 3.63) is 121 Å². The predicted octanol–water partition coefficient (Wildman–Crippen LogP) is 5.94. The lowest BCUT2D eigenvalue weighted by atomic mass is 10.00. The van der Waals surface area contributed by atoms with Crippen molar-refractivity contribution in [3.63, 3.8) is 0 Å². The summed E-state index contributed by atoms with van der Waals surface area (Å²) in [5.41, 5.74) is 5.77. The highest BCUT2D eigenvalue weighted by Gasteiger charge is 2.21. The molecule has 3 aromatic carbocycles. The average Bonchev–Trinajstić information content (AvgIpc) is 3.37. The van der Waals surface area contributed by atoms with Gasteiger partial charge in [-0.25, -0.2) is 9.67 Å². The fourth-order valence-corrected chi connectivity index (χ4v) is 4.60. The van der Waals surface area contributed by atoms with Gasteiger partial charge in [0.05, 0.1) is 30.0 Å². The molecule has 0 fully saturated rings. The molecular formula is C33H30N4O4. The summed E-state index contributed by atoms with van der Waals surface area (Å²) in [6.07, 6.45) is 2.33. The van der Waals surface area contributed by atoms with E-state index in [1.54, 1.807) is 18.3 Å². The highest BCUT2D eigenvalue weighted by atomic mass is 16.4. The number of aliphatic hydroxyl groups is 2. The SMILES string of the molecule is O=C(O)C[C@H](O)C[C@H](O)/C=C/c1c(-c2ccccc2)nn(-c2ccnc(Nc3ccccc3)c2)c1-c1ccccc1. The molecule has 2 aromatic heterocycles. The van der Waals surface area contributed by atoms with Crippen LogP contribution in [0.2, 0.25) is 0 Å². The standard InChI is InChI=1S/C33H30N4O4/c38-27(21-28(39)22-31(40)41)16-17-29-32(23-10-4-1-5-11-23)36-37(33(29)24-12-6-2-7-13-24)26-18-19-34-30(20-26)35-25-14-8-3-9-15-25/h1-20,27-28,38-39H,21-22H2,(H,34,35)(H,40,41)/b17-16+/t27-,28-/m1/s1. The Morgan fingerprint density at radius 1 is 0.878 bits per heavy atom. The first kappa shape index (κ1) is 27.5. The normalized spacial score (nSPS) is 12.7. The lowest BCUT2D eigenvalue weighted by Crippen LogP contribution is -2.19. The summed E-state index contributed by atoms with van der Waals surface area (Å²) in [6.45, 7) is 0. The van der Waals surface area contributed by atoms with E-state index in [0.29, 0.717) is 11.5 Å². The van der Waals surface area contributed by atoms with E-state index in [0.717, 1.165) is 33.8 Å². The summed E-state index contributed by atoms with van der Waals surface area (Å²) in [7, 11) is 0. The number of hydrogen-bond acceptors (Lipinski definition) is 6. The molecule has 0 spiro atoms. The minimum absolute atomic E-state index is 0.100. The van der Waals surface area contributed by atoms with Crippen molar-refractivity contribution in [2.45, 2.75) is 25.0 Å². The van der Waals surface area contributed by atoms with Crippen LogP contribution in [0.25, 0.3) is 34.3 Å². The fourth-order valence-electron chi connectivity index (χ4n) is 4.60. The van der Waals surface area contributed by atoms with Gasteiger partial charge in [0, 0.05) is 41.1 Å². The molecule has 4 N–H and O–H groups in total. The molecule has 41 heavy (non-hydrogen) atoms. The Bertz CT molecular complexity index is 1620. The molecule has 0 bridgehead atoms. The van der Waals surface area contributed by atoms with Crippen molar-refractivity contribution >= 4 is 23.6 Å². The Morgan fingerprint density at radius 2 is 1.51 bits per heavy atom. The lowest BCUT2D eigenvalue weighted by molar-refractivity contribution is -0.139. The molecule has 2 heterocycles. The van der Waals surface area contributed by atoms with Gasteiger partial charge in [0.1, 0.15) is 11.5 Å². The van der Waals surface area contributed by atoms with Gasteiger partial charge in [-0.3, -0.25) is 4.79 Å². The zero-order chi connectivity index (χ0) is 28.6. The summed E-state index contributed by atoms with van der Waals surface area (Å²) in [4.78, 5) is 15.5. The van der Waals surface area contributed by atoms with Gasteiger partial charge in [-0.15, -0.1) is 0 Å². The van der Waals surface area contributed by atoms with E-state index in [1.165, 1.54) is 0 Å². The Morgan fingerprint density at radius 3 is 2.17 bits per heavy atom. The van der Waals surface area contributed by atoms with E-state index in [1.807, 2.05) is 108 Å². The first-order valence-electron chi connectivity index (χ1n) is 13.3. The summed E-state index contributed by atoms with van der Waals surface area (Å²) < 4.78 is 1.86. The van der Waals surface area contributed by atoms with Crippen LogP contribution in [0.1, 0.15) is 18.4 Å². The maximum atomic E-state index is 11.0. The number of anilines is 2. The van der Waals surface area contributed by atoms with Gasteiger partial charge in [-0.05, 0) is 18.2 Å². The highest BCUT2D eigenvalue weighted by Crippen LogP contribution is 2.36. The molecule has 0 unspecified atom stereocenters. The van der Waals surface area contributed by atoms with Crippen LogP contribution in [-0.4, -0.2) is 48.3 Å². The Labute approximate surface area is 237 Å². The number of pyridine rings is 1. The Hall–Kier alpha value is -5.05.